The average Bonchev–Trinajstić information content (AvgIpc) is 2.87. The summed E-state index contributed by atoms with van der Waals surface area (Å²) in [5.74, 6) is 0.739. The fraction of sp³-hybridized carbons (Fsp3) is 0.0333. The van der Waals surface area contributed by atoms with Gasteiger partial charge < -0.3 is 4.74 Å². The number of halogens is 1. The summed E-state index contributed by atoms with van der Waals surface area (Å²) >= 11 is 6.04. The molecule has 0 atom stereocenters. The standard InChI is InChI=1S/C30H20ClNO/c31-26-15-12-21(13-16-26)25(19-32)18-29-28-11-4-2-7-23(28)14-17-30(29)33-20-24-9-5-8-22-6-1-3-10-27(22)24/h1-18H,20H2/b25-18+. The third-order valence-electron chi connectivity index (χ3n) is 5.76. The minimum absolute atomic E-state index is 0.434. The first kappa shape index (κ1) is 20.8. The van der Waals surface area contributed by atoms with Gasteiger partial charge in [0.05, 0.1) is 11.6 Å². The molecule has 0 N–H and O–H groups in total. The Bertz CT molecular complexity index is 1520. The predicted octanol–water partition coefficient (Wildman–Crippen LogP) is 8.29. The van der Waals surface area contributed by atoms with E-state index in [-0.39, 0.29) is 0 Å². The van der Waals surface area contributed by atoms with Crippen LogP contribution < -0.4 is 4.74 Å². The summed E-state index contributed by atoms with van der Waals surface area (Å²) in [4.78, 5) is 0. The van der Waals surface area contributed by atoms with Crippen molar-refractivity contribution in [2.45, 2.75) is 6.61 Å². The Morgan fingerprint density at radius 1 is 0.758 bits per heavy atom. The van der Waals surface area contributed by atoms with E-state index in [4.69, 9.17) is 16.3 Å². The normalized spacial score (nSPS) is 11.5. The van der Waals surface area contributed by atoms with Crippen molar-refractivity contribution in [2.24, 2.45) is 0 Å². The van der Waals surface area contributed by atoms with Gasteiger partial charge in [0.25, 0.3) is 0 Å². The van der Waals surface area contributed by atoms with Gasteiger partial charge in [-0.25, -0.2) is 0 Å². The van der Waals surface area contributed by atoms with E-state index < -0.39 is 0 Å². The lowest BCUT2D eigenvalue weighted by molar-refractivity contribution is 0.307. The molecule has 5 aromatic carbocycles. The van der Waals surface area contributed by atoms with Crippen molar-refractivity contribution >= 4 is 44.8 Å². The summed E-state index contributed by atoms with van der Waals surface area (Å²) in [5, 5.41) is 15.0. The molecule has 0 saturated heterocycles. The number of nitriles is 1. The van der Waals surface area contributed by atoms with Crippen molar-refractivity contribution in [3.05, 3.63) is 125 Å². The minimum Gasteiger partial charge on any atom is -0.488 e. The molecule has 0 amide bonds. The van der Waals surface area contributed by atoms with Crippen molar-refractivity contribution in [2.75, 3.05) is 0 Å². The maximum atomic E-state index is 9.91. The lowest BCUT2D eigenvalue weighted by atomic mass is 9.98. The summed E-state index contributed by atoms with van der Waals surface area (Å²) in [6.45, 7) is 0.434. The highest BCUT2D eigenvalue weighted by molar-refractivity contribution is 6.30. The highest BCUT2D eigenvalue weighted by atomic mass is 35.5. The molecule has 158 valence electrons. The van der Waals surface area contributed by atoms with Gasteiger partial charge >= 0.3 is 0 Å². The topological polar surface area (TPSA) is 33.0 Å². The van der Waals surface area contributed by atoms with Crippen LogP contribution in [-0.2, 0) is 6.61 Å². The molecule has 0 aliphatic rings. The molecule has 0 radical (unpaired) electrons. The molecular weight excluding hydrogens is 426 g/mol. The highest BCUT2D eigenvalue weighted by Crippen LogP contribution is 2.33. The summed E-state index contributed by atoms with van der Waals surface area (Å²) in [7, 11) is 0. The van der Waals surface area contributed by atoms with Crippen molar-refractivity contribution in [1.82, 2.24) is 0 Å². The maximum Gasteiger partial charge on any atom is 0.127 e. The van der Waals surface area contributed by atoms with Gasteiger partial charge in [0, 0.05) is 10.6 Å². The number of allylic oxidation sites excluding steroid dienone is 1. The summed E-state index contributed by atoms with van der Waals surface area (Å²) in [6, 6.07) is 36.4. The Kier molecular flexibility index (Phi) is 5.81. The molecule has 2 nitrogen and oxygen atoms in total. The quantitative estimate of drug-likeness (QED) is 0.201. The molecule has 0 saturated carbocycles. The highest BCUT2D eigenvalue weighted by Gasteiger charge is 2.11. The smallest absolute Gasteiger partial charge is 0.127 e. The van der Waals surface area contributed by atoms with Crippen LogP contribution >= 0.6 is 11.6 Å². The van der Waals surface area contributed by atoms with Crippen LogP contribution in [0.2, 0.25) is 5.02 Å². The van der Waals surface area contributed by atoms with E-state index in [2.05, 4.69) is 54.6 Å². The number of hydrogen-bond acceptors (Lipinski definition) is 2. The average molecular weight is 446 g/mol. The molecule has 0 aliphatic carbocycles. The van der Waals surface area contributed by atoms with Crippen molar-refractivity contribution < 1.29 is 4.74 Å². The van der Waals surface area contributed by atoms with Crippen molar-refractivity contribution in [3.8, 4) is 11.8 Å². The second-order valence-electron chi connectivity index (χ2n) is 7.80. The number of hydrogen-bond donors (Lipinski definition) is 0. The fourth-order valence-corrected chi connectivity index (χ4v) is 4.20. The van der Waals surface area contributed by atoms with E-state index in [9.17, 15) is 5.26 Å². The van der Waals surface area contributed by atoms with Crippen LogP contribution in [0, 0.1) is 11.3 Å². The van der Waals surface area contributed by atoms with E-state index in [1.165, 1.54) is 10.8 Å². The van der Waals surface area contributed by atoms with Crippen LogP contribution in [0.25, 0.3) is 33.2 Å². The Morgan fingerprint density at radius 3 is 2.18 bits per heavy atom. The summed E-state index contributed by atoms with van der Waals surface area (Å²) in [5.41, 5.74) is 3.38. The Labute approximate surface area is 197 Å². The zero-order valence-corrected chi connectivity index (χ0v) is 18.6. The number of nitrogens with zero attached hydrogens (tertiary/aromatic N) is 1. The van der Waals surface area contributed by atoms with Crippen LogP contribution in [0.1, 0.15) is 16.7 Å². The number of rotatable bonds is 5. The van der Waals surface area contributed by atoms with Gasteiger partial charge in [-0.15, -0.1) is 0 Å². The van der Waals surface area contributed by atoms with Crippen LogP contribution in [0.15, 0.2) is 103 Å². The summed E-state index contributed by atoms with van der Waals surface area (Å²) < 4.78 is 6.36. The van der Waals surface area contributed by atoms with Crippen LogP contribution in [0.4, 0.5) is 0 Å². The van der Waals surface area contributed by atoms with Gasteiger partial charge in [-0.2, -0.15) is 5.26 Å². The van der Waals surface area contributed by atoms with Gasteiger partial charge in [0.1, 0.15) is 12.4 Å². The maximum absolute atomic E-state index is 9.91. The molecule has 3 heteroatoms. The second-order valence-corrected chi connectivity index (χ2v) is 8.24. The first-order valence-corrected chi connectivity index (χ1v) is 11.1. The molecule has 0 aliphatic heterocycles. The van der Waals surface area contributed by atoms with E-state index in [1.807, 2.05) is 48.5 Å². The molecule has 0 unspecified atom stereocenters. The zero-order chi connectivity index (χ0) is 22.6. The third-order valence-corrected chi connectivity index (χ3v) is 6.01. The van der Waals surface area contributed by atoms with E-state index in [1.54, 1.807) is 12.1 Å². The van der Waals surface area contributed by atoms with Crippen LogP contribution in [0.5, 0.6) is 5.75 Å². The number of benzene rings is 5. The molecular formula is C30H20ClNO. The van der Waals surface area contributed by atoms with Gasteiger partial charge in [-0.3, -0.25) is 0 Å². The van der Waals surface area contributed by atoms with E-state index >= 15 is 0 Å². The van der Waals surface area contributed by atoms with Crippen LogP contribution in [0.3, 0.4) is 0 Å². The molecule has 0 bridgehead atoms. The van der Waals surface area contributed by atoms with Gasteiger partial charge in [-0.05, 0) is 56.9 Å². The van der Waals surface area contributed by atoms with Gasteiger partial charge in [0.2, 0.25) is 0 Å². The largest absolute Gasteiger partial charge is 0.488 e. The minimum atomic E-state index is 0.434. The monoisotopic (exact) mass is 445 g/mol. The third kappa shape index (κ3) is 4.32. The van der Waals surface area contributed by atoms with Gasteiger partial charge in [-0.1, -0.05) is 96.5 Å². The lowest BCUT2D eigenvalue weighted by Crippen LogP contribution is -1.99. The van der Waals surface area contributed by atoms with Gasteiger partial charge in [0.15, 0.2) is 0 Å². The molecule has 5 rings (SSSR count). The molecule has 0 spiro atoms. The molecule has 0 fully saturated rings. The second kappa shape index (κ2) is 9.20. The fourth-order valence-electron chi connectivity index (χ4n) is 4.08. The molecule has 33 heavy (non-hydrogen) atoms. The Balaban J connectivity index is 1.59. The molecule has 0 heterocycles. The molecule has 0 aromatic heterocycles. The molecule has 5 aromatic rings. The van der Waals surface area contributed by atoms with Crippen molar-refractivity contribution in [1.29, 1.82) is 5.26 Å². The van der Waals surface area contributed by atoms with Crippen molar-refractivity contribution in [3.63, 3.8) is 0 Å². The number of fused-ring (bicyclic) bond motifs is 2. The Hall–Kier alpha value is -4.06. The zero-order valence-electron chi connectivity index (χ0n) is 17.8. The van der Waals surface area contributed by atoms with E-state index in [0.717, 1.165) is 33.2 Å². The summed E-state index contributed by atoms with van der Waals surface area (Å²) in [6.07, 6.45) is 1.91. The SMILES string of the molecule is N#C/C(=C\c1c(OCc2cccc3ccccc23)ccc2ccccc12)c1ccc(Cl)cc1. The number of ether oxygens (including phenoxy) is 1. The van der Waals surface area contributed by atoms with E-state index in [0.29, 0.717) is 17.2 Å². The Morgan fingerprint density at radius 2 is 1.42 bits per heavy atom. The first-order chi connectivity index (χ1) is 16.2. The van der Waals surface area contributed by atoms with Crippen LogP contribution in [-0.4, -0.2) is 0 Å². The first-order valence-electron chi connectivity index (χ1n) is 10.7. The predicted molar refractivity (Wildman–Crippen MR) is 137 cm³/mol. The lowest BCUT2D eigenvalue weighted by Gasteiger charge is -2.14.